The Bertz CT molecular complexity index is 1760. The van der Waals surface area contributed by atoms with Crippen LogP contribution in [0.4, 0.5) is 14.9 Å². The summed E-state index contributed by atoms with van der Waals surface area (Å²) in [5.74, 6) is -0.464. The lowest BCUT2D eigenvalue weighted by Gasteiger charge is -2.26. The second-order valence-corrected chi connectivity index (χ2v) is 14.8. The molecule has 0 unspecified atom stereocenters. The number of anilines is 1. The number of hydrogen-bond acceptors (Lipinski definition) is 10. The highest BCUT2D eigenvalue weighted by Crippen LogP contribution is 2.38. The number of aryl methyl sites for hydroxylation is 1. The van der Waals surface area contributed by atoms with Crippen LogP contribution in [0.25, 0.3) is 10.9 Å². The summed E-state index contributed by atoms with van der Waals surface area (Å²) in [5.41, 5.74) is 3.15. The predicted molar refractivity (Wildman–Crippen MR) is 201 cm³/mol. The summed E-state index contributed by atoms with van der Waals surface area (Å²) in [7, 11) is 1.79. The molecule has 0 bridgehead atoms. The Labute approximate surface area is 311 Å². The normalized spacial score (nSPS) is 16.0. The Hall–Kier alpha value is -4.11. The third kappa shape index (κ3) is 11.9. The van der Waals surface area contributed by atoms with Crippen LogP contribution in [-0.4, -0.2) is 104 Å². The molecule has 3 heterocycles. The summed E-state index contributed by atoms with van der Waals surface area (Å²) in [6, 6.07) is 7.40. The quantitative estimate of drug-likeness (QED) is 0.170. The van der Waals surface area contributed by atoms with Crippen molar-refractivity contribution >= 4 is 28.6 Å². The lowest BCUT2D eigenvalue weighted by molar-refractivity contribution is -0.132. The van der Waals surface area contributed by atoms with Crippen molar-refractivity contribution in [1.29, 1.82) is 0 Å². The molecule has 0 radical (unpaired) electrons. The van der Waals surface area contributed by atoms with E-state index in [1.54, 1.807) is 38.9 Å². The first-order valence-electron chi connectivity index (χ1n) is 18.6. The first-order valence-corrected chi connectivity index (χ1v) is 18.6. The third-order valence-corrected chi connectivity index (χ3v) is 9.28. The van der Waals surface area contributed by atoms with E-state index in [0.29, 0.717) is 94.9 Å². The van der Waals surface area contributed by atoms with Crippen LogP contribution < -0.4 is 21.0 Å². The van der Waals surface area contributed by atoms with Crippen molar-refractivity contribution in [2.24, 2.45) is 0 Å². The van der Waals surface area contributed by atoms with Gasteiger partial charge < -0.3 is 43.9 Å². The minimum atomic E-state index is -0.541. The highest BCUT2D eigenvalue weighted by Gasteiger charge is 2.31. The van der Waals surface area contributed by atoms with Gasteiger partial charge in [0.2, 0.25) is 5.91 Å². The number of alkyl carbamates (subject to hydrolysis) is 1. The van der Waals surface area contributed by atoms with Crippen molar-refractivity contribution < 1.29 is 32.9 Å². The summed E-state index contributed by atoms with van der Waals surface area (Å²) in [6.45, 7) is 11.9. The number of carbonyl (C=O) groups excluding carboxylic acids is 2. The van der Waals surface area contributed by atoms with E-state index in [1.807, 2.05) is 36.2 Å². The maximum atomic E-state index is 15.7. The zero-order valence-corrected chi connectivity index (χ0v) is 31.7. The molecule has 1 atom stereocenters. The largest absolute Gasteiger partial charge is 0.444 e. The Morgan fingerprint density at radius 3 is 2.42 bits per heavy atom. The van der Waals surface area contributed by atoms with Gasteiger partial charge >= 0.3 is 6.09 Å². The fourth-order valence-corrected chi connectivity index (χ4v) is 6.39. The lowest BCUT2D eigenvalue weighted by atomic mass is 10.1. The number of nitrogens with zero attached hydrogens (tertiary/aromatic N) is 4. The van der Waals surface area contributed by atoms with E-state index in [1.165, 1.54) is 6.07 Å². The van der Waals surface area contributed by atoms with E-state index in [9.17, 15) is 14.4 Å². The maximum Gasteiger partial charge on any atom is 0.407 e. The molecule has 290 valence electrons. The number of benzene rings is 1. The molecule has 1 aliphatic heterocycles. The molecular weight excluding hydrogens is 683 g/mol. The summed E-state index contributed by atoms with van der Waals surface area (Å²) in [6.07, 6.45) is 6.23. The molecule has 2 amide bonds. The van der Waals surface area contributed by atoms with Gasteiger partial charge in [0.1, 0.15) is 11.4 Å². The number of aromatic nitrogens is 2. The van der Waals surface area contributed by atoms with Gasteiger partial charge in [-0.1, -0.05) is 0 Å². The molecule has 1 aliphatic carbocycles. The highest BCUT2D eigenvalue weighted by atomic mass is 19.1. The maximum absolute atomic E-state index is 15.7. The average molecular weight is 739 g/mol. The Morgan fingerprint density at radius 2 is 1.72 bits per heavy atom. The van der Waals surface area contributed by atoms with Crippen molar-refractivity contribution in [1.82, 2.24) is 25.1 Å². The van der Waals surface area contributed by atoms with E-state index in [0.717, 1.165) is 29.6 Å². The second-order valence-electron chi connectivity index (χ2n) is 14.8. The minimum Gasteiger partial charge on any atom is -0.444 e. The van der Waals surface area contributed by atoms with E-state index in [4.69, 9.17) is 18.9 Å². The molecule has 0 spiro atoms. The standard InChI is InChI=1S/C39H55FN6O7/c1-27-20-28(8-11-42-27)23-41-24-29-25-46(30-6-7-30)34-22-35(33(40)21-32(34)37(29)48)45-13-9-31(26-45)44(5)36(47)10-14-50-16-18-52-19-17-51-15-12-43-38(49)53-39(2,3)4/h8,11,20-22,25,30-31,41H,6-7,9-10,12-19,23-24,26H2,1-5H3,(H,43,49)/t31-/m1/s1. The molecular formula is C39H55FN6O7. The Morgan fingerprint density at radius 1 is 1.00 bits per heavy atom. The molecule has 2 fully saturated rings. The van der Waals surface area contributed by atoms with Gasteiger partial charge in [0, 0.05) is 74.9 Å². The number of carbonyl (C=O) groups is 2. The van der Waals surface area contributed by atoms with Crippen LogP contribution in [0.15, 0.2) is 41.5 Å². The number of rotatable bonds is 19. The molecule has 2 aliphatic rings. The number of ether oxygens (including phenoxy) is 4. The van der Waals surface area contributed by atoms with Crippen LogP contribution in [0, 0.1) is 12.7 Å². The van der Waals surface area contributed by atoms with E-state index < -0.39 is 17.5 Å². The number of amides is 2. The molecule has 2 aromatic heterocycles. The number of halogens is 1. The number of pyridine rings is 2. The summed E-state index contributed by atoms with van der Waals surface area (Å²) in [4.78, 5) is 46.1. The van der Waals surface area contributed by atoms with Crippen molar-refractivity contribution in [3.05, 3.63) is 69.5 Å². The third-order valence-electron chi connectivity index (χ3n) is 9.28. The smallest absolute Gasteiger partial charge is 0.407 e. The van der Waals surface area contributed by atoms with E-state index >= 15 is 4.39 Å². The molecule has 1 aromatic carbocycles. The Kier molecular flexibility index (Phi) is 14.2. The van der Waals surface area contributed by atoms with Gasteiger partial charge in [0.15, 0.2) is 5.43 Å². The van der Waals surface area contributed by atoms with Crippen LogP contribution in [0.3, 0.4) is 0 Å². The van der Waals surface area contributed by atoms with Gasteiger partial charge in [-0.15, -0.1) is 0 Å². The van der Waals surface area contributed by atoms with Crippen molar-refractivity contribution in [2.75, 3.05) is 71.2 Å². The van der Waals surface area contributed by atoms with Gasteiger partial charge in [-0.3, -0.25) is 14.6 Å². The highest BCUT2D eigenvalue weighted by molar-refractivity contribution is 5.84. The second kappa shape index (κ2) is 18.8. The zero-order chi connectivity index (χ0) is 38.0. The Balaban J connectivity index is 1.03. The average Bonchev–Trinajstić information content (AvgIpc) is 3.84. The van der Waals surface area contributed by atoms with Gasteiger partial charge in [0.25, 0.3) is 0 Å². The van der Waals surface area contributed by atoms with E-state index in [-0.39, 0.29) is 30.4 Å². The first-order chi connectivity index (χ1) is 25.4. The summed E-state index contributed by atoms with van der Waals surface area (Å²) in [5, 5.41) is 6.39. The first kappa shape index (κ1) is 40.1. The minimum absolute atomic E-state index is 0.0343. The number of hydrogen-bond donors (Lipinski definition) is 2. The lowest BCUT2D eigenvalue weighted by Crippen LogP contribution is -2.39. The fraction of sp³-hybridized carbons (Fsp3) is 0.590. The van der Waals surface area contributed by atoms with Gasteiger partial charge in [0.05, 0.1) is 63.3 Å². The van der Waals surface area contributed by atoms with Crippen molar-refractivity contribution in [3.8, 4) is 0 Å². The predicted octanol–water partition coefficient (Wildman–Crippen LogP) is 4.47. The molecule has 14 heteroatoms. The van der Waals surface area contributed by atoms with Crippen LogP contribution in [0.2, 0.25) is 0 Å². The number of fused-ring (bicyclic) bond motifs is 1. The molecule has 13 nitrogen and oxygen atoms in total. The molecule has 2 N–H and O–H groups in total. The molecule has 1 saturated carbocycles. The van der Waals surface area contributed by atoms with E-state index in [2.05, 4.69) is 20.2 Å². The summed E-state index contributed by atoms with van der Waals surface area (Å²) < 4.78 is 39.6. The van der Waals surface area contributed by atoms with Crippen LogP contribution >= 0.6 is 0 Å². The van der Waals surface area contributed by atoms with Crippen LogP contribution in [0.5, 0.6) is 0 Å². The van der Waals surface area contributed by atoms with Crippen LogP contribution in [0.1, 0.15) is 69.3 Å². The fourth-order valence-electron chi connectivity index (χ4n) is 6.39. The van der Waals surface area contributed by atoms with Gasteiger partial charge in [-0.2, -0.15) is 0 Å². The summed E-state index contributed by atoms with van der Waals surface area (Å²) >= 11 is 0. The topological polar surface area (TPSA) is 136 Å². The van der Waals surface area contributed by atoms with Gasteiger partial charge in [-0.05, 0) is 76.8 Å². The monoisotopic (exact) mass is 738 g/mol. The van der Waals surface area contributed by atoms with Crippen LogP contribution in [-0.2, 0) is 36.8 Å². The number of nitrogens with one attached hydrogen (secondary N) is 2. The van der Waals surface area contributed by atoms with Gasteiger partial charge in [-0.25, -0.2) is 9.18 Å². The molecule has 5 rings (SSSR count). The zero-order valence-electron chi connectivity index (χ0n) is 31.7. The molecule has 3 aromatic rings. The van der Waals surface area contributed by atoms with Crippen molar-refractivity contribution in [3.63, 3.8) is 0 Å². The molecule has 1 saturated heterocycles. The van der Waals surface area contributed by atoms with Crippen molar-refractivity contribution in [2.45, 2.75) is 84.2 Å². The number of likely N-dealkylation sites (N-methyl/N-ethyl adjacent to an activating group) is 1. The molecule has 53 heavy (non-hydrogen) atoms. The SMILES string of the molecule is Cc1cc(CNCc2cn(C3CC3)c3cc(N4CC[C@@H](N(C)C(=O)CCOCCOCCOCCNC(=O)OC(C)(C)C)C4)c(F)cc3c2=O)ccn1.